The second kappa shape index (κ2) is 6.06. The van der Waals surface area contributed by atoms with Crippen molar-refractivity contribution in [1.82, 2.24) is 0 Å². The smallest absolute Gasteiger partial charge is 0.338 e. The van der Waals surface area contributed by atoms with Gasteiger partial charge in [-0.3, -0.25) is 0 Å². The average molecular weight is 267 g/mol. The van der Waals surface area contributed by atoms with Gasteiger partial charge in [-0.15, -0.1) is 0 Å². The summed E-state index contributed by atoms with van der Waals surface area (Å²) in [6.07, 6.45) is 0. The Labute approximate surface area is 118 Å². The predicted octanol–water partition coefficient (Wildman–Crippen LogP) is 4.22. The maximum Gasteiger partial charge on any atom is 0.338 e. The van der Waals surface area contributed by atoms with E-state index in [1.807, 2.05) is 49.4 Å². The number of rotatable bonds is 4. The van der Waals surface area contributed by atoms with E-state index in [9.17, 15) is 4.79 Å². The van der Waals surface area contributed by atoms with Crippen molar-refractivity contribution >= 4 is 17.3 Å². The molecule has 1 N–H and O–H groups in total. The van der Waals surface area contributed by atoms with Crippen LogP contribution in [-0.4, -0.2) is 5.97 Å². The minimum atomic E-state index is -0.409. The Kier molecular flexibility index (Phi) is 4.20. The van der Waals surface area contributed by atoms with Gasteiger partial charge in [0.2, 0.25) is 0 Å². The van der Waals surface area contributed by atoms with E-state index < -0.39 is 5.97 Å². The van der Waals surface area contributed by atoms with Gasteiger partial charge in [0, 0.05) is 16.9 Å². The van der Waals surface area contributed by atoms with Crippen molar-refractivity contribution in [3.63, 3.8) is 0 Å². The molecule has 0 fully saturated rings. The summed E-state index contributed by atoms with van der Waals surface area (Å²) >= 11 is 0. The summed E-state index contributed by atoms with van der Waals surface area (Å²) in [6, 6.07) is 15.4. The summed E-state index contributed by atoms with van der Waals surface area (Å²) in [4.78, 5) is 11.5. The molecule has 2 aromatic rings. The number of hydrogen-bond donors (Lipinski definition) is 1. The van der Waals surface area contributed by atoms with Gasteiger partial charge in [-0.05, 0) is 49.7 Å². The van der Waals surface area contributed by atoms with Crippen LogP contribution in [-0.2, 0) is 4.79 Å². The zero-order chi connectivity index (χ0) is 14.5. The first-order valence-corrected chi connectivity index (χ1v) is 6.36. The van der Waals surface area contributed by atoms with Gasteiger partial charge < -0.3 is 10.1 Å². The molecule has 2 rings (SSSR count). The van der Waals surface area contributed by atoms with Gasteiger partial charge in [0.1, 0.15) is 5.75 Å². The van der Waals surface area contributed by atoms with Gasteiger partial charge in [-0.2, -0.15) is 0 Å². The van der Waals surface area contributed by atoms with Gasteiger partial charge in [-0.25, -0.2) is 4.79 Å². The van der Waals surface area contributed by atoms with Gasteiger partial charge >= 0.3 is 5.97 Å². The fourth-order valence-corrected chi connectivity index (χ4v) is 1.71. The molecule has 0 radical (unpaired) electrons. The Balaban J connectivity index is 2.14. The first-order valence-electron chi connectivity index (χ1n) is 6.36. The average Bonchev–Trinajstić information content (AvgIpc) is 2.43. The van der Waals surface area contributed by atoms with Crippen LogP contribution in [0.3, 0.4) is 0 Å². The van der Waals surface area contributed by atoms with Crippen LogP contribution in [0.5, 0.6) is 5.75 Å². The number of benzene rings is 2. The van der Waals surface area contributed by atoms with Crippen molar-refractivity contribution in [2.75, 3.05) is 5.32 Å². The number of para-hydroxylation sites is 1. The van der Waals surface area contributed by atoms with Gasteiger partial charge in [0.05, 0.1) is 0 Å². The third-order valence-electron chi connectivity index (χ3n) is 2.81. The maximum atomic E-state index is 11.5. The molecule has 0 aliphatic rings. The molecule has 0 aromatic heterocycles. The molecule has 0 heterocycles. The number of esters is 1. The summed E-state index contributed by atoms with van der Waals surface area (Å²) in [5.41, 5.74) is 3.38. The molecule has 0 aliphatic carbocycles. The largest absolute Gasteiger partial charge is 0.423 e. The Morgan fingerprint density at radius 3 is 2.45 bits per heavy atom. The van der Waals surface area contributed by atoms with E-state index in [1.54, 1.807) is 13.0 Å². The van der Waals surface area contributed by atoms with Crippen molar-refractivity contribution in [3.05, 3.63) is 66.2 Å². The molecule has 3 heteroatoms. The number of anilines is 2. The summed E-state index contributed by atoms with van der Waals surface area (Å²) in [7, 11) is 0. The van der Waals surface area contributed by atoms with Crippen molar-refractivity contribution in [2.45, 2.75) is 13.8 Å². The van der Waals surface area contributed by atoms with E-state index >= 15 is 0 Å². The second-order valence-corrected chi connectivity index (χ2v) is 4.64. The molecular weight excluding hydrogens is 250 g/mol. The summed E-state index contributed by atoms with van der Waals surface area (Å²) in [5.74, 6) is 0.113. The highest BCUT2D eigenvalue weighted by Crippen LogP contribution is 2.25. The molecule has 0 atom stereocenters. The summed E-state index contributed by atoms with van der Waals surface area (Å²) in [5, 5.41) is 3.32. The summed E-state index contributed by atoms with van der Waals surface area (Å²) < 4.78 is 5.20. The van der Waals surface area contributed by atoms with E-state index in [0.717, 1.165) is 16.9 Å². The highest BCUT2D eigenvalue weighted by Gasteiger charge is 2.07. The normalized spacial score (nSPS) is 9.90. The number of hydrogen-bond acceptors (Lipinski definition) is 3. The lowest BCUT2D eigenvalue weighted by atomic mass is 10.2. The fraction of sp³-hybridized carbons (Fsp3) is 0.118. The highest BCUT2D eigenvalue weighted by molar-refractivity contribution is 5.88. The van der Waals surface area contributed by atoms with Gasteiger partial charge in [0.25, 0.3) is 0 Å². The van der Waals surface area contributed by atoms with Gasteiger partial charge in [0.15, 0.2) is 0 Å². The number of aryl methyl sites for hydroxylation is 1. The van der Waals surface area contributed by atoms with Crippen LogP contribution in [0.25, 0.3) is 0 Å². The Morgan fingerprint density at radius 1 is 1.15 bits per heavy atom. The molecular formula is C17H17NO2. The zero-order valence-corrected chi connectivity index (χ0v) is 11.6. The second-order valence-electron chi connectivity index (χ2n) is 4.64. The topological polar surface area (TPSA) is 38.3 Å². The first-order chi connectivity index (χ1) is 9.56. The molecule has 0 aliphatic heterocycles. The van der Waals surface area contributed by atoms with Crippen LogP contribution in [0.1, 0.15) is 12.5 Å². The lowest BCUT2D eigenvalue weighted by Gasteiger charge is -2.11. The molecule has 0 amide bonds. The van der Waals surface area contributed by atoms with E-state index in [2.05, 4.69) is 11.9 Å². The SMILES string of the molecule is C=C(C)C(=O)Oc1ccc(Nc2ccccc2)c(C)c1. The number of carbonyl (C=O) groups is 1. The third kappa shape index (κ3) is 3.48. The molecule has 0 spiro atoms. The molecule has 0 bridgehead atoms. The Morgan fingerprint density at radius 2 is 1.85 bits per heavy atom. The third-order valence-corrected chi connectivity index (χ3v) is 2.81. The van der Waals surface area contributed by atoms with E-state index in [-0.39, 0.29) is 0 Å². The minimum absolute atomic E-state index is 0.383. The van der Waals surface area contributed by atoms with E-state index in [4.69, 9.17) is 4.74 Å². The molecule has 102 valence electrons. The van der Waals surface area contributed by atoms with E-state index in [0.29, 0.717) is 11.3 Å². The fourth-order valence-electron chi connectivity index (χ4n) is 1.71. The Bertz CT molecular complexity index is 633. The lowest BCUT2D eigenvalue weighted by molar-refractivity contribution is -0.130. The predicted molar refractivity (Wildman–Crippen MR) is 81.4 cm³/mol. The monoisotopic (exact) mass is 267 g/mol. The Hall–Kier alpha value is -2.55. The molecule has 2 aromatic carbocycles. The van der Waals surface area contributed by atoms with Crippen LogP contribution in [0, 0.1) is 6.92 Å². The highest BCUT2D eigenvalue weighted by atomic mass is 16.5. The number of carbonyl (C=O) groups excluding carboxylic acids is 1. The standard InChI is InChI=1S/C17H17NO2/c1-12(2)17(19)20-15-9-10-16(13(3)11-15)18-14-7-5-4-6-8-14/h4-11,18H,1H2,2-3H3. The number of ether oxygens (including phenoxy) is 1. The van der Waals surface area contributed by atoms with Crippen molar-refractivity contribution in [3.8, 4) is 5.75 Å². The quantitative estimate of drug-likeness (QED) is 0.512. The first kappa shape index (κ1) is 13.9. The zero-order valence-electron chi connectivity index (χ0n) is 11.6. The maximum absolute atomic E-state index is 11.5. The van der Waals surface area contributed by atoms with Crippen molar-refractivity contribution in [1.29, 1.82) is 0 Å². The van der Waals surface area contributed by atoms with Crippen LogP contribution < -0.4 is 10.1 Å². The van der Waals surface area contributed by atoms with Crippen LogP contribution >= 0.6 is 0 Å². The molecule has 0 saturated carbocycles. The van der Waals surface area contributed by atoms with Crippen molar-refractivity contribution < 1.29 is 9.53 Å². The molecule has 3 nitrogen and oxygen atoms in total. The minimum Gasteiger partial charge on any atom is -0.423 e. The van der Waals surface area contributed by atoms with Crippen molar-refractivity contribution in [2.24, 2.45) is 0 Å². The van der Waals surface area contributed by atoms with Crippen LogP contribution in [0.4, 0.5) is 11.4 Å². The molecule has 0 unspecified atom stereocenters. The summed E-state index contributed by atoms with van der Waals surface area (Å²) in [6.45, 7) is 7.15. The molecule has 0 saturated heterocycles. The van der Waals surface area contributed by atoms with Crippen LogP contribution in [0.2, 0.25) is 0 Å². The molecule has 20 heavy (non-hydrogen) atoms. The lowest BCUT2D eigenvalue weighted by Crippen LogP contribution is -2.08. The van der Waals surface area contributed by atoms with Gasteiger partial charge in [-0.1, -0.05) is 24.8 Å². The number of nitrogens with one attached hydrogen (secondary N) is 1. The van der Waals surface area contributed by atoms with Crippen LogP contribution in [0.15, 0.2) is 60.7 Å². The van der Waals surface area contributed by atoms with E-state index in [1.165, 1.54) is 0 Å².